The average Bonchev–Trinajstić information content (AvgIpc) is 3.59. The van der Waals surface area contributed by atoms with Crippen molar-refractivity contribution in [1.82, 2.24) is 4.57 Å². The fraction of sp³-hybridized carbons (Fsp3) is 0.278. The van der Waals surface area contributed by atoms with E-state index in [1.165, 1.54) is 44.6 Å². The van der Waals surface area contributed by atoms with Crippen LogP contribution >= 0.6 is 0 Å². The van der Waals surface area contributed by atoms with Gasteiger partial charge in [-0.15, -0.1) is 0 Å². The van der Waals surface area contributed by atoms with Gasteiger partial charge in [-0.3, -0.25) is 5.41 Å². The molecule has 10 rings (SSSR count). The Kier molecular flexibility index (Phi) is 8.93. The minimum atomic E-state index is -0.0648. The molecule has 0 amide bonds. The molecule has 6 aliphatic carbocycles. The lowest BCUT2D eigenvalue weighted by molar-refractivity contribution is -0.00320. The van der Waals surface area contributed by atoms with Crippen molar-refractivity contribution >= 4 is 39.9 Å². The van der Waals surface area contributed by atoms with E-state index in [1.54, 1.807) is 5.57 Å². The fourth-order valence-corrected chi connectivity index (χ4v) is 11.1. The lowest BCUT2D eigenvalue weighted by atomic mass is 9.42. The van der Waals surface area contributed by atoms with Crippen LogP contribution in [0.15, 0.2) is 173 Å². The summed E-state index contributed by atoms with van der Waals surface area (Å²) in [7, 11) is 0. The third kappa shape index (κ3) is 5.82. The molecule has 0 spiro atoms. The monoisotopic (exact) mass is 756 g/mol. The molecule has 1 aromatic heterocycles. The average molecular weight is 757 g/mol. The van der Waals surface area contributed by atoms with Gasteiger partial charge in [0.1, 0.15) is 5.84 Å². The second kappa shape index (κ2) is 14.2. The normalized spacial score (nSPS) is 28.0. The standard InChI is InChI=1S/C54H52N4/c1-35(56-52(57-51(55)38-19-9-6-10-20-38)39-30-28-37(29-31-39)36-17-7-5-8-18-36)40-21-15-23-42(33-40)58-46-27-12-11-24-43(46)49-47(58)34-41-22-16-26-44-48(41)50(49)45-25-13-14-32-54(45,4)53(44,2)3/h5-15,17-19,21-25,27-32,34,38,42,44-45,48,55H,16,20,26,33H2,1-4H3/t38?,42?,44?,45?,48?,54-/m1/s1. The van der Waals surface area contributed by atoms with Crippen molar-refractivity contribution in [1.29, 1.82) is 5.41 Å². The predicted octanol–water partition coefficient (Wildman–Crippen LogP) is 11.4. The van der Waals surface area contributed by atoms with Gasteiger partial charge in [-0.1, -0.05) is 166 Å². The van der Waals surface area contributed by atoms with E-state index < -0.39 is 0 Å². The Morgan fingerprint density at radius 3 is 2.40 bits per heavy atom. The maximum atomic E-state index is 9.04. The molecule has 3 aromatic carbocycles. The zero-order valence-electron chi connectivity index (χ0n) is 34.1. The maximum absolute atomic E-state index is 9.04. The number of nitrogens with zero attached hydrogens (tertiary/aromatic N) is 3. The van der Waals surface area contributed by atoms with Gasteiger partial charge in [-0.2, -0.15) is 0 Å². The van der Waals surface area contributed by atoms with E-state index in [9.17, 15) is 0 Å². The molecule has 1 N–H and O–H groups in total. The number of nitrogens with one attached hydrogen (secondary N) is 1. The van der Waals surface area contributed by atoms with Crippen molar-refractivity contribution in [3.8, 4) is 11.1 Å². The summed E-state index contributed by atoms with van der Waals surface area (Å²) in [6.07, 6.45) is 33.7. The number of aromatic nitrogens is 1. The van der Waals surface area contributed by atoms with Crippen LogP contribution in [0.5, 0.6) is 0 Å². The predicted molar refractivity (Wildman–Crippen MR) is 244 cm³/mol. The first-order valence-electron chi connectivity index (χ1n) is 21.2. The molecule has 58 heavy (non-hydrogen) atoms. The number of fused-ring (bicyclic) bond motifs is 5. The van der Waals surface area contributed by atoms with Crippen LogP contribution in [0.25, 0.3) is 33.7 Å². The van der Waals surface area contributed by atoms with Gasteiger partial charge in [0.25, 0.3) is 0 Å². The molecule has 0 radical (unpaired) electrons. The minimum Gasteiger partial charge on any atom is -0.333 e. The topological polar surface area (TPSA) is 53.5 Å². The SMILES string of the molecule is CC(=NC(=NC(=N)C1C=CC=CC1)c1ccc(-c2ccccc2)cc1)C1=CC=CC(n2c3c(c4ccccc42)=C2C4C(=CCCC4C(C)(C)[C@]4(C)C=CC=CC24)C=3)C1. The largest absolute Gasteiger partial charge is 0.333 e. The molecule has 1 saturated carbocycles. The van der Waals surface area contributed by atoms with Gasteiger partial charge in [-0.25, -0.2) is 9.98 Å². The Morgan fingerprint density at radius 2 is 1.59 bits per heavy atom. The molecule has 0 aliphatic heterocycles. The van der Waals surface area contributed by atoms with E-state index in [-0.39, 0.29) is 22.8 Å². The summed E-state index contributed by atoms with van der Waals surface area (Å²) in [6, 6.07) is 28.1. The molecule has 0 bridgehead atoms. The first-order chi connectivity index (χ1) is 28.2. The van der Waals surface area contributed by atoms with Gasteiger partial charge in [-0.05, 0) is 83.9 Å². The number of rotatable bonds is 5. The van der Waals surface area contributed by atoms with Gasteiger partial charge in [0.05, 0.1) is 6.04 Å². The highest BCUT2D eigenvalue weighted by Gasteiger charge is 2.59. The zero-order chi connectivity index (χ0) is 39.6. The summed E-state index contributed by atoms with van der Waals surface area (Å²) >= 11 is 0. The Bertz CT molecular complexity index is 2750. The molecule has 4 aromatic rings. The third-order valence-corrected chi connectivity index (χ3v) is 14.6. The summed E-state index contributed by atoms with van der Waals surface area (Å²) in [5.41, 5.74) is 9.96. The number of hydrogen-bond acceptors (Lipinski definition) is 1. The van der Waals surface area contributed by atoms with Crippen LogP contribution in [0.3, 0.4) is 0 Å². The maximum Gasteiger partial charge on any atom is 0.161 e. The number of aliphatic imine (C=N–C) groups is 2. The third-order valence-electron chi connectivity index (χ3n) is 14.6. The highest BCUT2D eigenvalue weighted by atomic mass is 15.0. The van der Waals surface area contributed by atoms with E-state index in [0.29, 0.717) is 29.4 Å². The molecular formula is C54H52N4. The van der Waals surface area contributed by atoms with Crippen molar-refractivity contribution in [2.75, 3.05) is 0 Å². The molecule has 6 aliphatic rings. The van der Waals surface area contributed by atoms with E-state index in [2.05, 4.69) is 172 Å². The highest BCUT2D eigenvalue weighted by Crippen LogP contribution is 2.66. The smallest absolute Gasteiger partial charge is 0.161 e. The second-order valence-electron chi connectivity index (χ2n) is 17.8. The lowest BCUT2D eigenvalue weighted by Crippen LogP contribution is -2.57. The van der Waals surface area contributed by atoms with E-state index in [4.69, 9.17) is 15.4 Å². The Balaban J connectivity index is 1.06. The number of allylic oxidation sites excluding steroid dienone is 13. The molecule has 4 heteroatoms. The van der Waals surface area contributed by atoms with Gasteiger partial charge >= 0.3 is 0 Å². The van der Waals surface area contributed by atoms with Crippen molar-refractivity contribution in [3.63, 3.8) is 0 Å². The summed E-state index contributed by atoms with van der Waals surface area (Å²) in [5, 5.41) is 13.2. The van der Waals surface area contributed by atoms with Crippen LogP contribution in [0, 0.1) is 39.9 Å². The van der Waals surface area contributed by atoms with Crippen LogP contribution < -0.4 is 10.6 Å². The van der Waals surface area contributed by atoms with Gasteiger partial charge in [0.15, 0.2) is 5.84 Å². The number of amidine groups is 2. The van der Waals surface area contributed by atoms with Crippen LogP contribution in [0.1, 0.15) is 65.0 Å². The van der Waals surface area contributed by atoms with Gasteiger partial charge in [0, 0.05) is 55.9 Å². The van der Waals surface area contributed by atoms with Crippen molar-refractivity contribution in [3.05, 3.63) is 179 Å². The number of benzene rings is 3. The summed E-state index contributed by atoms with van der Waals surface area (Å²) < 4.78 is 2.63. The molecule has 4 nitrogen and oxygen atoms in total. The lowest BCUT2D eigenvalue weighted by Gasteiger charge is -2.61. The molecular weight excluding hydrogens is 705 g/mol. The van der Waals surface area contributed by atoms with Crippen molar-refractivity contribution in [2.24, 2.45) is 44.5 Å². The van der Waals surface area contributed by atoms with Crippen LogP contribution in [0.2, 0.25) is 0 Å². The number of para-hydroxylation sites is 1. The van der Waals surface area contributed by atoms with Crippen molar-refractivity contribution in [2.45, 2.75) is 59.4 Å². The molecule has 5 unspecified atom stereocenters. The molecule has 1 fully saturated rings. The minimum absolute atomic E-state index is 0.0359. The fourth-order valence-electron chi connectivity index (χ4n) is 11.1. The quantitative estimate of drug-likeness (QED) is 0.156. The number of hydrogen-bond donors (Lipinski definition) is 1. The van der Waals surface area contributed by atoms with E-state index >= 15 is 0 Å². The summed E-state index contributed by atoms with van der Waals surface area (Å²) in [6.45, 7) is 9.72. The first-order valence-corrected chi connectivity index (χ1v) is 21.2. The van der Waals surface area contributed by atoms with Crippen LogP contribution in [0.4, 0.5) is 0 Å². The molecule has 1 heterocycles. The van der Waals surface area contributed by atoms with Crippen molar-refractivity contribution < 1.29 is 0 Å². The highest BCUT2D eigenvalue weighted by molar-refractivity contribution is 6.14. The Labute approximate surface area is 342 Å². The molecule has 288 valence electrons. The van der Waals surface area contributed by atoms with E-state index in [0.717, 1.165) is 36.1 Å². The Hall–Kier alpha value is -5.87. The molecule has 6 atom stereocenters. The zero-order valence-corrected chi connectivity index (χ0v) is 34.1. The van der Waals surface area contributed by atoms with Gasteiger partial charge < -0.3 is 4.57 Å². The summed E-state index contributed by atoms with van der Waals surface area (Å²) in [4.78, 5) is 10.2. The first kappa shape index (κ1) is 36.5. The van der Waals surface area contributed by atoms with E-state index in [1.807, 2.05) is 18.2 Å². The Morgan fingerprint density at radius 1 is 0.810 bits per heavy atom. The second-order valence-corrected chi connectivity index (χ2v) is 17.8. The van der Waals surface area contributed by atoms with Gasteiger partial charge in [0.2, 0.25) is 0 Å². The molecule has 0 saturated heterocycles. The summed E-state index contributed by atoms with van der Waals surface area (Å²) in [5.74, 6) is 2.21. The van der Waals surface area contributed by atoms with Crippen LogP contribution in [-0.2, 0) is 0 Å². The van der Waals surface area contributed by atoms with Crippen LogP contribution in [-0.4, -0.2) is 22.0 Å².